The first-order valence-electron chi connectivity index (χ1n) is 9.80. The first-order valence-corrected chi connectivity index (χ1v) is 9.80. The van der Waals surface area contributed by atoms with E-state index in [1.54, 1.807) is 29.2 Å². The largest absolute Gasteiger partial charge is 0.378 e. The number of carbonyl (C=O) groups excluding carboxylic acids is 2. The summed E-state index contributed by atoms with van der Waals surface area (Å²) in [4.78, 5) is 28.4. The second-order valence-electron chi connectivity index (χ2n) is 6.87. The lowest BCUT2D eigenvalue weighted by atomic mass is 10.1. The summed E-state index contributed by atoms with van der Waals surface area (Å²) < 4.78 is 18.4. The summed E-state index contributed by atoms with van der Waals surface area (Å²) >= 11 is 0. The van der Waals surface area contributed by atoms with Crippen LogP contribution in [0.5, 0.6) is 0 Å². The summed E-state index contributed by atoms with van der Waals surface area (Å²) in [6, 6.07) is 13.4. The lowest BCUT2D eigenvalue weighted by Crippen LogP contribution is -2.40. The standard InChI is InChI=1S/C22H26FN3O3/c1-2-25(20-9-7-19(23)8-10-20)16-21(27)24-15-17-3-5-18(6-4-17)22(28)26-11-13-29-14-12-26/h3-10H,2,11-16H2,1H3,(H,24,27). The number of hydrogen-bond acceptors (Lipinski definition) is 4. The van der Waals surface area contributed by atoms with Gasteiger partial charge in [-0.2, -0.15) is 0 Å². The predicted octanol–water partition coefficient (Wildman–Crippen LogP) is 2.44. The van der Waals surface area contributed by atoms with Gasteiger partial charge in [0, 0.05) is 37.4 Å². The van der Waals surface area contributed by atoms with Gasteiger partial charge in [0.2, 0.25) is 5.91 Å². The van der Waals surface area contributed by atoms with Crippen molar-refractivity contribution >= 4 is 17.5 Å². The number of carbonyl (C=O) groups is 2. The molecule has 2 aromatic rings. The number of morpholine rings is 1. The van der Waals surface area contributed by atoms with Crippen molar-refractivity contribution < 1.29 is 18.7 Å². The van der Waals surface area contributed by atoms with E-state index in [0.29, 0.717) is 45.0 Å². The van der Waals surface area contributed by atoms with Crippen LogP contribution in [-0.2, 0) is 16.1 Å². The summed E-state index contributed by atoms with van der Waals surface area (Å²) in [6.07, 6.45) is 0. The number of nitrogens with zero attached hydrogens (tertiary/aromatic N) is 2. The van der Waals surface area contributed by atoms with E-state index in [-0.39, 0.29) is 24.2 Å². The van der Waals surface area contributed by atoms with Crippen molar-refractivity contribution in [2.75, 3.05) is 44.3 Å². The van der Waals surface area contributed by atoms with Gasteiger partial charge >= 0.3 is 0 Å². The number of amides is 2. The average molecular weight is 399 g/mol. The summed E-state index contributed by atoms with van der Waals surface area (Å²) in [7, 11) is 0. The molecule has 1 heterocycles. The van der Waals surface area contributed by atoms with Crippen molar-refractivity contribution in [1.82, 2.24) is 10.2 Å². The second kappa shape index (κ2) is 10.0. The van der Waals surface area contributed by atoms with E-state index in [1.165, 1.54) is 12.1 Å². The van der Waals surface area contributed by atoms with Crippen LogP contribution in [0, 0.1) is 5.82 Å². The van der Waals surface area contributed by atoms with Crippen molar-refractivity contribution in [2.24, 2.45) is 0 Å². The highest BCUT2D eigenvalue weighted by Crippen LogP contribution is 2.14. The number of halogens is 1. The Morgan fingerprint density at radius 1 is 1.07 bits per heavy atom. The maximum Gasteiger partial charge on any atom is 0.254 e. The summed E-state index contributed by atoms with van der Waals surface area (Å²) in [5.74, 6) is -0.420. The molecular formula is C22H26FN3O3. The minimum atomic E-state index is -0.301. The number of ether oxygens (including phenoxy) is 1. The average Bonchev–Trinajstić information content (AvgIpc) is 2.77. The number of likely N-dealkylation sites (N-methyl/N-ethyl adjacent to an activating group) is 1. The molecule has 1 aliphatic heterocycles. The van der Waals surface area contributed by atoms with Crippen molar-refractivity contribution in [3.63, 3.8) is 0 Å². The summed E-state index contributed by atoms with van der Waals surface area (Å²) in [5, 5.41) is 2.89. The molecule has 0 aliphatic carbocycles. The molecule has 0 radical (unpaired) electrons. The smallest absolute Gasteiger partial charge is 0.254 e. The molecule has 1 N–H and O–H groups in total. The predicted molar refractivity (Wildman–Crippen MR) is 109 cm³/mol. The number of benzene rings is 2. The molecule has 154 valence electrons. The minimum absolute atomic E-state index is 0.00164. The van der Waals surface area contributed by atoms with E-state index in [9.17, 15) is 14.0 Å². The lowest BCUT2D eigenvalue weighted by molar-refractivity contribution is -0.119. The van der Waals surface area contributed by atoms with E-state index in [4.69, 9.17) is 4.74 Å². The quantitative estimate of drug-likeness (QED) is 0.777. The van der Waals surface area contributed by atoms with E-state index in [0.717, 1.165) is 11.3 Å². The minimum Gasteiger partial charge on any atom is -0.378 e. The van der Waals surface area contributed by atoms with Gasteiger partial charge in [0.1, 0.15) is 5.82 Å². The maximum atomic E-state index is 13.1. The molecule has 1 aliphatic rings. The molecule has 0 bridgehead atoms. The fraction of sp³-hybridized carbons (Fsp3) is 0.364. The van der Waals surface area contributed by atoms with Gasteiger partial charge in [0.05, 0.1) is 19.8 Å². The Balaban J connectivity index is 1.50. The molecule has 1 fully saturated rings. The van der Waals surface area contributed by atoms with Crippen LogP contribution < -0.4 is 10.2 Å². The molecule has 3 rings (SSSR count). The molecule has 2 amide bonds. The fourth-order valence-electron chi connectivity index (χ4n) is 3.18. The van der Waals surface area contributed by atoms with Crippen LogP contribution in [0.2, 0.25) is 0 Å². The molecule has 29 heavy (non-hydrogen) atoms. The van der Waals surface area contributed by atoms with Crippen LogP contribution in [0.3, 0.4) is 0 Å². The van der Waals surface area contributed by atoms with Crippen molar-refractivity contribution in [3.8, 4) is 0 Å². The highest BCUT2D eigenvalue weighted by atomic mass is 19.1. The van der Waals surface area contributed by atoms with Crippen LogP contribution in [0.4, 0.5) is 10.1 Å². The van der Waals surface area contributed by atoms with Gasteiger partial charge < -0.3 is 19.9 Å². The summed E-state index contributed by atoms with van der Waals surface area (Å²) in [6.45, 7) is 5.52. The van der Waals surface area contributed by atoms with Crippen molar-refractivity contribution in [2.45, 2.75) is 13.5 Å². The van der Waals surface area contributed by atoms with E-state index in [2.05, 4.69) is 5.32 Å². The number of hydrogen-bond donors (Lipinski definition) is 1. The Morgan fingerprint density at radius 3 is 2.34 bits per heavy atom. The van der Waals surface area contributed by atoms with Crippen LogP contribution >= 0.6 is 0 Å². The Labute approximate surface area is 170 Å². The molecule has 0 unspecified atom stereocenters. The monoisotopic (exact) mass is 399 g/mol. The van der Waals surface area contributed by atoms with E-state index < -0.39 is 0 Å². The van der Waals surface area contributed by atoms with Gasteiger partial charge in [-0.05, 0) is 48.9 Å². The Hall–Kier alpha value is -2.93. The highest BCUT2D eigenvalue weighted by Gasteiger charge is 2.18. The van der Waals surface area contributed by atoms with E-state index >= 15 is 0 Å². The SMILES string of the molecule is CCN(CC(=O)NCc1ccc(C(=O)N2CCOCC2)cc1)c1ccc(F)cc1. The van der Waals surface area contributed by atoms with Gasteiger partial charge in [-0.25, -0.2) is 4.39 Å². The van der Waals surface area contributed by atoms with Crippen molar-refractivity contribution in [1.29, 1.82) is 0 Å². The Kier molecular flexibility index (Phi) is 7.19. The van der Waals surface area contributed by atoms with Gasteiger partial charge in [-0.15, -0.1) is 0 Å². The topological polar surface area (TPSA) is 61.9 Å². The number of anilines is 1. The third-order valence-corrected chi connectivity index (χ3v) is 4.90. The van der Waals surface area contributed by atoms with Crippen LogP contribution in [-0.4, -0.2) is 56.1 Å². The van der Waals surface area contributed by atoms with E-state index in [1.807, 2.05) is 24.0 Å². The van der Waals surface area contributed by atoms with Crippen molar-refractivity contribution in [3.05, 3.63) is 65.5 Å². The molecule has 0 aromatic heterocycles. The third kappa shape index (κ3) is 5.77. The van der Waals surface area contributed by atoms with Gasteiger partial charge in [0.25, 0.3) is 5.91 Å². The van der Waals surface area contributed by atoms with Crippen LogP contribution in [0.1, 0.15) is 22.8 Å². The Morgan fingerprint density at radius 2 is 1.72 bits per heavy atom. The van der Waals surface area contributed by atoms with Crippen LogP contribution in [0.25, 0.3) is 0 Å². The first kappa shape index (κ1) is 20.8. The van der Waals surface area contributed by atoms with Gasteiger partial charge in [0.15, 0.2) is 0 Å². The molecule has 6 nitrogen and oxygen atoms in total. The molecule has 0 spiro atoms. The zero-order valence-electron chi connectivity index (χ0n) is 16.6. The first-order chi connectivity index (χ1) is 14.1. The fourth-order valence-corrected chi connectivity index (χ4v) is 3.18. The Bertz CT molecular complexity index is 818. The molecule has 0 atom stereocenters. The zero-order valence-corrected chi connectivity index (χ0v) is 16.6. The lowest BCUT2D eigenvalue weighted by Gasteiger charge is -2.26. The highest BCUT2D eigenvalue weighted by molar-refractivity contribution is 5.94. The number of rotatable bonds is 7. The summed E-state index contributed by atoms with van der Waals surface area (Å²) in [5.41, 5.74) is 2.35. The molecule has 1 saturated heterocycles. The van der Waals surface area contributed by atoms with Gasteiger partial charge in [-0.3, -0.25) is 9.59 Å². The number of nitrogens with one attached hydrogen (secondary N) is 1. The molecular weight excluding hydrogens is 373 g/mol. The molecule has 7 heteroatoms. The van der Waals surface area contributed by atoms with Gasteiger partial charge in [-0.1, -0.05) is 12.1 Å². The van der Waals surface area contributed by atoms with Crippen LogP contribution in [0.15, 0.2) is 48.5 Å². The zero-order chi connectivity index (χ0) is 20.6. The normalized spacial score (nSPS) is 13.8. The molecule has 0 saturated carbocycles. The second-order valence-corrected chi connectivity index (χ2v) is 6.87. The molecule has 2 aromatic carbocycles. The maximum absolute atomic E-state index is 13.1. The third-order valence-electron chi connectivity index (χ3n) is 4.90.